The summed E-state index contributed by atoms with van der Waals surface area (Å²) in [5.41, 5.74) is 9.40. The Morgan fingerprint density at radius 2 is 1.35 bits per heavy atom. The summed E-state index contributed by atoms with van der Waals surface area (Å²) >= 11 is 0. The van der Waals surface area contributed by atoms with E-state index in [2.05, 4.69) is 42.5 Å². The summed E-state index contributed by atoms with van der Waals surface area (Å²) < 4.78 is 0. The number of anilines is 1. The molecule has 4 aromatic carbocycles. The number of nitrogen functional groups attached to an aromatic ring is 1. The number of fused-ring (bicyclic) bond motifs is 2. The highest BCUT2D eigenvalue weighted by Gasteiger charge is 2.12. The molecule has 0 aliphatic heterocycles. The molecule has 2 heteroatoms. The van der Waals surface area contributed by atoms with Crippen molar-refractivity contribution in [2.45, 2.75) is 0 Å². The molecule has 0 saturated carbocycles. The van der Waals surface area contributed by atoms with E-state index in [9.17, 15) is 5.26 Å². The lowest BCUT2D eigenvalue weighted by atomic mass is 9.91. The minimum atomic E-state index is 0.520. The van der Waals surface area contributed by atoms with Crippen LogP contribution in [-0.4, -0.2) is 0 Å². The summed E-state index contributed by atoms with van der Waals surface area (Å²) in [7, 11) is 0. The van der Waals surface area contributed by atoms with Gasteiger partial charge in [-0.15, -0.1) is 0 Å². The first-order chi connectivity index (χ1) is 11.3. The summed E-state index contributed by atoms with van der Waals surface area (Å²) in [5.74, 6) is 0. The molecule has 2 N–H and O–H groups in total. The van der Waals surface area contributed by atoms with E-state index < -0.39 is 0 Å². The summed E-state index contributed by atoms with van der Waals surface area (Å²) in [6.07, 6.45) is 0. The van der Waals surface area contributed by atoms with Gasteiger partial charge in [0.15, 0.2) is 0 Å². The number of nitrogens with two attached hydrogens (primary N) is 1. The highest BCUT2D eigenvalue weighted by molar-refractivity contribution is 6.09. The van der Waals surface area contributed by atoms with Crippen molar-refractivity contribution >= 4 is 27.2 Å². The number of nitriles is 1. The largest absolute Gasteiger partial charge is 0.397 e. The molecule has 0 aromatic heterocycles. The molecule has 0 aliphatic rings. The number of hydrogen-bond donors (Lipinski definition) is 1. The first-order valence-electron chi connectivity index (χ1n) is 7.49. The van der Waals surface area contributed by atoms with E-state index in [-0.39, 0.29) is 0 Å². The number of hydrogen-bond acceptors (Lipinski definition) is 2. The smallest absolute Gasteiger partial charge is 0.101 e. The number of rotatable bonds is 1. The average Bonchev–Trinajstić information content (AvgIpc) is 2.62. The molecule has 2 nitrogen and oxygen atoms in total. The molecule has 0 heterocycles. The second kappa shape index (κ2) is 5.15. The molecule has 108 valence electrons. The molecule has 23 heavy (non-hydrogen) atoms. The van der Waals surface area contributed by atoms with Crippen molar-refractivity contribution in [2.75, 3.05) is 5.73 Å². The fraction of sp³-hybridized carbons (Fsp3) is 0. The maximum Gasteiger partial charge on any atom is 0.101 e. The molecule has 4 aromatic rings. The fourth-order valence-corrected chi connectivity index (χ4v) is 3.17. The van der Waals surface area contributed by atoms with E-state index >= 15 is 0 Å². The Hall–Kier alpha value is -3.31. The topological polar surface area (TPSA) is 49.8 Å². The lowest BCUT2D eigenvalue weighted by Gasteiger charge is -2.13. The van der Waals surface area contributed by atoms with Gasteiger partial charge in [0, 0.05) is 5.39 Å². The van der Waals surface area contributed by atoms with Gasteiger partial charge < -0.3 is 5.73 Å². The third-order valence-electron chi connectivity index (χ3n) is 4.29. The van der Waals surface area contributed by atoms with E-state index in [4.69, 9.17) is 5.73 Å². The molecule has 0 bridgehead atoms. The van der Waals surface area contributed by atoms with Crippen molar-refractivity contribution in [3.05, 3.63) is 78.4 Å². The van der Waals surface area contributed by atoms with Crippen molar-refractivity contribution in [3.63, 3.8) is 0 Å². The van der Waals surface area contributed by atoms with Crippen LogP contribution in [0.15, 0.2) is 72.8 Å². The highest BCUT2D eigenvalue weighted by Crippen LogP contribution is 2.37. The normalized spacial score (nSPS) is 10.7. The Bertz CT molecular complexity index is 1080. The van der Waals surface area contributed by atoms with Crippen molar-refractivity contribution < 1.29 is 0 Å². The molecular formula is C21H14N2. The lowest BCUT2D eigenvalue weighted by molar-refractivity contribution is 1.49. The van der Waals surface area contributed by atoms with Crippen molar-refractivity contribution in [3.8, 4) is 17.2 Å². The monoisotopic (exact) mass is 294 g/mol. The zero-order chi connectivity index (χ0) is 15.8. The summed E-state index contributed by atoms with van der Waals surface area (Å²) in [5, 5.41) is 13.8. The van der Waals surface area contributed by atoms with Gasteiger partial charge in [-0.1, -0.05) is 66.7 Å². The van der Waals surface area contributed by atoms with Crippen LogP contribution in [0.1, 0.15) is 5.56 Å². The van der Waals surface area contributed by atoms with E-state index in [0.717, 1.165) is 21.9 Å². The van der Waals surface area contributed by atoms with Crippen LogP contribution in [0.4, 0.5) is 5.69 Å². The standard InChI is InChI=1S/C21H14N2/c22-13-15-12-20(18-9-3-4-10-19(18)21(15)23)17-11-5-7-14-6-1-2-8-16(14)17/h1-12H,23H2. The Balaban J connectivity index is 2.17. The first-order valence-corrected chi connectivity index (χ1v) is 7.49. The van der Waals surface area contributed by atoms with Crippen LogP contribution in [0.5, 0.6) is 0 Å². The molecule has 0 saturated heterocycles. The lowest BCUT2D eigenvalue weighted by Crippen LogP contribution is -1.94. The fourth-order valence-electron chi connectivity index (χ4n) is 3.17. The molecule has 0 aliphatic carbocycles. The van der Waals surface area contributed by atoms with Crippen LogP contribution in [0, 0.1) is 11.3 Å². The van der Waals surface area contributed by atoms with Gasteiger partial charge in [-0.05, 0) is 33.4 Å². The van der Waals surface area contributed by atoms with Crippen LogP contribution >= 0.6 is 0 Å². The Morgan fingerprint density at radius 1 is 0.696 bits per heavy atom. The summed E-state index contributed by atoms with van der Waals surface area (Å²) in [4.78, 5) is 0. The Kier molecular flexibility index (Phi) is 2.99. The van der Waals surface area contributed by atoms with Gasteiger partial charge in [0.2, 0.25) is 0 Å². The van der Waals surface area contributed by atoms with Crippen molar-refractivity contribution in [2.24, 2.45) is 0 Å². The van der Waals surface area contributed by atoms with E-state index in [0.29, 0.717) is 11.3 Å². The van der Waals surface area contributed by atoms with Crippen LogP contribution < -0.4 is 5.73 Å². The summed E-state index contributed by atoms with van der Waals surface area (Å²) in [6, 6.07) is 26.6. The van der Waals surface area contributed by atoms with Crippen LogP contribution in [0.2, 0.25) is 0 Å². The molecule has 0 radical (unpaired) electrons. The molecule has 0 unspecified atom stereocenters. The van der Waals surface area contributed by atoms with Crippen LogP contribution in [0.25, 0.3) is 32.7 Å². The minimum Gasteiger partial charge on any atom is -0.397 e. The predicted molar refractivity (Wildman–Crippen MR) is 96.0 cm³/mol. The third-order valence-corrected chi connectivity index (χ3v) is 4.29. The highest BCUT2D eigenvalue weighted by atomic mass is 14.6. The van der Waals surface area contributed by atoms with Crippen molar-refractivity contribution in [1.82, 2.24) is 0 Å². The molecule has 0 spiro atoms. The van der Waals surface area contributed by atoms with Gasteiger partial charge in [-0.3, -0.25) is 0 Å². The second-order valence-electron chi connectivity index (χ2n) is 5.57. The quantitative estimate of drug-likeness (QED) is 0.496. The van der Waals surface area contributed by atoms with Gasteiger partial charge >= 0.3 is 0 Å². The average molecular weight is 294 g/mol. The Morgan fingerprint density at radius 3 is 2.13 bits per heavy atom. The SMILES string of the molecule is N#Cc1cc(-c2cccc3ccccc23)c2ccccc2c1N. The first kappa shape index (κ1) is 13.4. The van der Waals surface area contributed by atoms with E-state index in [1.165, 1.54) is 10.8 Å². The van der Waals surface area contributed by atoms with Gasteiger partial charge in [-0.25, -0.2) is 0 Å². The molecular weight excluding hydrogens is 280 g/mol. The van der Waals surface area contributed by atoms with Crippen LogP contribution in [-0.2, 0) is 0 Å². The number of benzene rings is 4. The molecule has 0 atom stereocenters. The van der Waals surface area contributed by atoms with Crippen molar-refractivity contribution in [1.29, 1.82) is 5.26 Å². The second-order valence-corrected chi connectivity index (χ2v) is 5.57. The van der Waals surface area contributed by atoms with E-state index in [1.807, 2.05) is 36.4 Å². The predicted octanol–water partition coefficient (Wildman–Crippen LogP) is 5.11. The van der Waals surface area contributed by atoms with Gasteiger partial charge in [0.05, 0.1) is 11.3 Å². The zero-order valence-corrected chi connectivity index (χ0v) is 12.5. The zero-order valence-electron chi connectivity index (χ0n) is 12.5. The Labute approximate surface area is 134 Å². The molecule has 0 fully saturated rings. The van der Waals surface area contributed by atoms with Crippen LogP contribution in [0.3, 0.4) is 0 Å². The van der Waals surface area contributed by atoms with Gasteiger partial charge in [0.1, 0.15) is 6.07 Å². The maximum atomic E-state index is 9.43. The van der Waals surface area contributed by atoms with E-state index in [1.54, 1.807) is 0 Å². The minimum absolute atomic E-state index is 0.520. The third kappa shape index (κ3) is 2.03. The molecule has 4 rings (SSSR count). The maximum absolute atomic E-state index is 9.43. The van der Waals surface area contributed by atoms with Gasteiger partial charge in [0.25, 0.3) is 0 Å². The summed E-state index contributed by atoms with van der Waals surface area (Å²) in [6.45, 7) is 0. The van der Waals surface area contributed by atoms with Gasteiger partial charge in [-0.2, -0.15) is 5.26 Å². The molecule has 0 amide bonds. The number of nitrogens with zero attached hydrogens (tertiary/aromatic N) is 1.